The molecule has 1 aromatic heterocycles. The van der Waals surface area contributed by atoms with Gasteiger partial charge in [-0.15, -0.1) is 11.8 Å². The van der Waals surface area contributed by atoms with Gasteiger partial charge in [0, 0.05) is 17.0 Å². The second-order valence-electron chi connectivity index (χ2n) is 4.78. The zero-order valence-corrected chi connectivity index (χ0v) is 10.9. The lowest BCUT2D eigenvalue weighted by molar-refractivity contribution is 0.450. The van der Waals surface area contributed by atoms with Crippen molar-refractivity contribution < 1.29 is 0 Å². The molecule has 3 heteroatoms. The SMILES string of the molecule is Cc1cc(C)nc(SC2CCC(N)CC2)c1. The molecule has 1 aliphatic rings. The van der Waals surface area contributed by atoms with Gasteiger partial charge in [-0.2, -0.15) is 0 Å². The van der Waals surface area contributed by atoms with Gasteiger partial charge in [0.15, 0.2) is 0 Å². The Balaban J connectivity index is 1.98. The number of aromatic nitrogens is 1. The van der Waals surface area contributed by atoms with Gasteiger partial charge in [-0.1, -0.05) is 0 Å². The van der Waals surface area contributed by atoms with Crippen molar-refractivity contribution in [1.29, 1.82) is 0 Å². The monoisotopic (exact) mass is 236 g/mol. The van der Waals surface area contributed by atoms with E-state index in [2.05, 4.69) is 31.0 Å². The van der Waals surface area contributed by atoms with E-state index in [1.807, 2.05) is 11.8 Å². The number of hydrogen-bond donors (Lipinski definition) is 1. The number of rotatable bonds is 2. The third kappa shape index (κ3) is 3.22. The molecule has 0 atom stereocenters. The van der Waals surface area contributed by atoms with Gasteiger partial charge >= 0.3 is 0 Å². The number of pyridine rings is 1. The quantitative estimate of drug-likeness (QED) is 0.857. The van der Waals surface area contributed by atoms with Crippen molar-refractivity contribution in [3.63, 3.8) is 0 Å². The van der Waals surface area contributed by atoms with Gasteiger partial charge in [0.05, 0.1) is 5.03 Å². The van der Waals surface area contributed by atoms with Crippen LogP contribution in [0.5, 0.6) is 0 Å². The van der Waals surface area contributed by atoms with Crippen LogP contribution >= 0.6 is 11.8 Å². The number of hydrogen-bond acceptors (Lipinski definition) is 3. The highest BCUT2D eigenvalue weighted by atomic mass is 32.2. The Morgan fingerprint density at radius 1 is 1.19 bits per heavy atom. The largest absolute Gasteiger partial charge is 0.328 e. The van der Waals surface area contributed by atoms with Crippen LogP contribution in [-0.4, -0.2) is 16.3 Å². The van der Waals surface area contributed by atoms with E-state index in [1.165, 1.54) is 36.3 Å². The maximum atomic E-state index is 5.91. The van der Waals surface area contributed by atoms with Gasteiger partial charge in [0.25, 0.3) is 0 Å². The Morgan fingerprint density at radius 3 is 2.50 bits per heavy atom. The first-order valence-corrected chi connectivity index (χ1v) is 6.89. The van der Waals surface area contributed by atoms with Crippen LogP contribution in [0.3, 0.4) is 0 Å². The Bertz CT molecular complexity index is 337. The summed E-state index contributed by atoms with van der Waals surface area (Å²) in [4.78, 5) is 4.58. The fraction of sp³-hybridized carbons (Fsp3) is 0.615. The summed E-state index contributed by atoms with van der Waals surface area (Å²) in [5.74, 6) is 0. The van der Waals surface area contributed by atoms with Crippen molar-refractivity contribution in [2.75, 3.05) is 0 Å². The normalized spacial score (nSPS) is 25.7. The van der Waals surface area contributed by atoms with Crippen LogP contribution in [0, 0.1) is 13.8 Å². The summed E-state index contributed by atoms with van der Waals surface area (Å²) in [6.07, 6.45) is 4.81. The van der Waals surface area contributed by atoms with E-state index in [4.69, 9.17) is 5.73 Å². The second-order valence-corrected chi connectivity index (χ2v) is 6.10. The number of aryl methyl sites for hydroxylation is 2. The molecule has 2 rings (SSSR count). The molecule has 0 bridgehead atoms. The van der Waals surface area contributed by atoms with Gasteiger partial charge in [-0.3, -0.25) is 0 Å². The van der Waals surface area contributed by atoms with E-state index >= 15 is 0 Å². The summed E-state index contributed by atoms with van der Waals surface area (Å²) in [6, 6.07) is 4.75. The van der Waals surface area contributed by atoms with Crippen molar-refractivity contribution in [2.45, 2.75) is 55.8 Å². The fourth-order valence-electron chi connectivity index (χ4n) is 2.24. The number of nitrogens with zero attached hydrogens (tertiary/aromatic N) is 1. The maximum absolute atomic E-state index is 5.91. The van der Waals surface area contributed by atoms with E-state index < -0.39 is 0 Å². The first kappa shape index (κ1) is 11.9. The summed E-state index contributed by atoms with van der Waals surface area (Å²) < 4.78 is 0. The standard InChI is InChI=1S/C13H20N2S/c1-9-7-10(2)15-13(8-9)16-12-5-3-11(14)4-6-12/h7-8,11-12H,3-6,14H2,1-2H3. The zero-order chi connectivity index (χ0) is 11.5. The van der Waals surface area contributed by atoms with Crippen LogP contribution in [-0.2, 0) is 0 Å². The Hall–Kier alpha value is -0.540. The topological polar surface area (TPSA) is 38.9 Å². The molecule has 2 nitrogen and oxygen atoms in total. The average molecular weight is 236 g/mol. The third-order valence-corrected chi connectivity index (χ3v) is 4.34. The minimum absolute atomic E-state index is 0.434. The van der Waals surface area contributed by atoms with Crippen LogP contribution in [0.4, 0.5) is 0 Å². The molecule has 16 heavy (non-hydrogen) atoms. The Kier molecular flexibility index (Phi) is 3.87. The molecule has 88 valence electrons. The summed E-state index contributed by atoms with van der Waals surface area (Å²) in [5.41, 5.74) is 8.34. The predicted octanol–water partition coefficient (Wildman–Crippen LogP) is 3.06. The van der Waals surface area contributed by atoms with Gasteiger partial charge < -0.3 is 5.73 Å². The van der Waals surface area contributed by atoms with Gasteiger partial charge in [-0.05, 0) is 57.2 Å². The molecule has 0 unspecified atom stereocenters. The smallest absolute Gasteiger partial charge is 0.0968 e. The maximum Gasteiger partial charge on any atom is 0.0968 e. The molecule has 1 saturated carbocycles. The lowest BCUT2D eigenvalue weighted by Gasteiger charge is -2.25. The predicted molar refractivity (Wildman–Crippen MR) is 69.8 cm³/mol. The molecular weight excluding hydrogens is 216 g/mol. The molecular formula is C13H20N2S. The van der Waals surface area contributed by atoms with Crippen molar-refractivity contribution in [3.05, 3.63) is 23.4 Å². The van der Waals surface area contributed by atoms with Crippen molar-refractivity contribution >= 4 is 11.8 Å². The van der Waals surface area contributed by atoms with E-state index in [1.54, 1.807) is 0 Å². The van der Waals surface area contributed by atoms with Crippen molar-refractivity contribution in [1.82, 2.24) is 4.98 Å². The molecule has 1 aromatic rings. The van der Waals surface area contributed by atoms with Crippen LogP contribution in [0.1, 0.15) is 36.9 Å². The van der Waals surface area contributed by atoms with E-state index in [0.29, 0.717) is 11.3 Å². The molecule has 0 aliphatic heterocycles. The lowest BCUT2D eigenvalue weighted by Crippen LogP contribution is -2.27. The molecule has 0 spiro atoms. The van der Waals surface area contributed by atoms with Gasteiger partial charge in [-0.25, -0.2) is 4.98 Å². The van der Waals surface area contributed by atoms with Gasteiger partial charge in [0.2, 0.25) is 0 Å². The first-order chi connectivity index (χ1) is 7.63. The summed E-state index contributed by atoms with van der Waals surface area (Å²) >= 11 is 1.93. The van der Waals surface area contributed by atoms with Crippen LogP contribution < -0.4 is 5.73 Å². The van der Waals surface area contributed by atoms with E-state index in [-0.39, 0.29) is 0 Å². The van der Waals surface area contributed by atoms with Crippen LogP contribution in [0.2, 0.25) is 0 Å². The van der Waals surface area contributed by atoms with Gasteiger partial charge in [0.1, 0.15) is 0 Å². The lowest BCUT2D eigenvalue weighted by atomic mass is 9.96. The first-order valence-electron chi connectivity index (χ1n) is 6.01. The second kappa shape index (κ2) is 5.19. The highest BCUT2D eigenvalue weighted by Gasteiger charge is 2.19. The molecule has 0 radical (unpaired) electrons. The molecule has 1 heterocycles. The molecule has 1 aliphatic carbocycles. The van der Waals surface area contributed by atoms with Crippen LogP contribution in [0.25, 0.3) is 0 Å². The summed E-state index contributed by atoms with van der Waals surface area (Å²) in [7, 11) is 0. The minimum atomic E-state index is 0.434. The summed E-state index contributed by atoms with van der Waals surface area (Å²) in [6.45, 7) is 4.20. The highest BCUT2D eigenvalue weighted by Crippen LogP contribution is 2.32. The zero-order valence-electron chi connectivity index (χ0n) is 10.1. The molecule has 2 N–H and O–H groups in total. The third-order valence-electron chi connectivity index (χ3n) is 3.08. The Morgan fingerprint density at radius 2 is 1.88 bits per heavy atom. The highest BCUT2D eigenvalue weighted by molar-refractivity contribution is 7.99. The Labute approximate surface area is 102 Å². The van der Waals surface area contributed by atoms with Crippen molar-refractivity contribution in [3.8, 4) is 0 Å². The molecule has 0 amide bonds. The molecule has 0 saturated heterocycles. The van der Waals surface area contributed by atoms with E-state index in [0.717, 1.165) is 5.69 Å². The van der Waals surface area contributed by atoms with E-state index in [9.17, 15) is 0 Å². The van der Waals surface area contributed by atoms with Crippen molar-refractivity contribution in [2.24, 2.45) is 5.73 Å². The number of nitrogens with two attached hydrogens (primary N) is 1. The minimum Gasteiger partial charge on any atom is -0.328 e. The fourth-order valence-corrected chi connectivity index (χ4v) is 3.54. The molecule has 0 aromatic carbocycles. The van der Waals surface area contributed by atoms with Crippen LogP contribution in [0.15, 0.2) is 17.2 Å². The average Bonchev–Trinajstić information content (AvgIpc) is 2.20. The summed E-state index contributed by atoms with van der Waals surface area (Å²) in [5, 5.41) is 1.89. The molecule has 1 fully saturated rings. The number of thioether (sulfide) groups is 1.